The smallest absolute Gasteiger partial charge is 0.407 e. The highest BCUT2D eigenvalue weighted by atomic mass is 16.5. The molecule has 1 rings (SSSR count). The molecular weight excluding hydrogens is 1010 g/mol. The predicted octanol–water partition coefficient (Wildman–Crippen LogP) is 18.1. The highest BCUT2D eigenvalue weighted by molar-refractivity contribution is 5.91. The Hall–Kier alpha value is -4.20. The molecule has 0 unspecified atom stereocenters. The van der Waals surface area contributed by atoms with Crippen molar-refractivity contribution in [3.63, 3.8) is 0 Å². The maximum Gasteiger partial charge on any atom is 0.407 e. The molecule has 2 N–H and O–H groups in total. The standard InChI is InChI=1S/C12H17NO.C7H15NO2.C7H15NO.C7H14O2.C6H13NO.C6H12O2.C6H14O.C6H14.C5H12.C4H10/c1-3-4-10-13(11(2)14)12-8-6-5-7-9-12;1-3-5-6-8-7(9)10-4-2;1-4-5-6-8(3)7(2)9;1-3-5-6-7(8)9-4-2;1-3-4-5-7-6(2)8;1-3-4-5-8-6(2)7;1-3-5-6-7-4-2;1-3-5-6-4-2;1-3-5-4-2;1-3-4-2/h5-9H,3-4,10H2,1-2H3;3-6H2,1-2H3,(H,8,9);4-6H2,1-3H3;3-6H2,1-2H3;3-5H2,1-2H3,(H,7,8);3-5H2,1-2H3;3-6H2,1-2H3;3-6H2,1-2H3;3-5H2,1-2H3;3-4H2,1-2H3. The summed E-state index contributed by atoms with van der Waals surface area (Å²) < 4.78 is 19.1. The van der Waals surface area contributed by atoms with Gasteiger partial charge in [-0.05, 0) is 77.8 Å². The van der Waals surface area contributed by atoms with Crippen molar-refractivity contribution in [3.05, 3.63) is 30.3 Å². The maximum absolute atomic E-state index is 11.4. The van der Waals surface area contributed by atoms with Gasteiger partial charge in [0.15, 0.2) is 0 Å². The minimum Gasteiger partial charge on any atom is -0.466 e. The summed E-state index contributed by atoms with van der Waals surface area (Å²) >= 11 is 0. The van der Waals surface area contributed by atoms with Crippen LogP contribution in [0.25, 0.3) is 0 Å². The van der Waals surface area contributed by atoms with E-state index in [-0.39, 0.29) is 35.8 Å². The molecule has 1 aromatic carbocycles. The molecule has 1 aromatic rings. The summed E-state index contributed by atoms with van der Waals surface area (Å²) in [5.74, 6) is 0.0874. The summed E-state index contributed by atoms with van der Waals surface area (Å²) in [6, 6.07) is 9.81. The van der Waals surface area contributed by atoms with Crippen molar-refractivity contribution in [1.82, 2.24) is 15.5 Å². The van der Waals surface area contributed by atoms with E-state index in [0.29, 0.717) is 26.2 Å². The van der Waals surface area contributed by atoms with E-state index < -0.39 is 0 Å². The van der Waals surface area contributed by atoms with Crippen LogP contribution in [-0.4, -0.2) is 107 Å². The SMILES string of the molecule is CCCC.CCCCC.CCCCC(=O)OCC.CCCCCC.CCCCN(C(C)=O)c1ccccc1.CCCCN(C)C(C)=O.CCCCNC(=O)OCC.CCCCNC(C)=O.CCCCOC(C)=O.CCCCOCC. The monoisotopic (exact) mass is 1150 g/mol. The lowest BCUT2D eigenvalue weighted by molar-refractivity contribution is -0.143. The number of benzene rings is 1. The summed E-state index contributed by atoms with van der Waals surface area (Å²) in [5, 5.41) is 5.33. The van der Waals surface area contributed by atoms with Gasteiger partial charge in [-0.25, -0.2) is 4.79 Å². The fraction of sp³-hybridized carbons (Fsp3) is 0.818. The molecule has 0 atom stereocenters. The van der Waals surface area contributed by atoms with Crippen molar-refractivity contribution < 1.29 is 47.7 Å². The van der Waals surface area contributed by atoms with Crippen LogP contribution in [0.5, 0.6) is 0 Å². The van der Waals surface area contributed by atoms with Crippen LogP contribution in [0.3, 0.4) is 0 Å². The molecule has 0 heterocycles. The average Bonchev–Trinajstić information content (AvgIpc) is 3.43. The number of amides is 4. The van der Waals surface area contributed by atoms with Gasteiger partial charge < -0.3 is 39.4 Å². The molecule has 0 bridgehead atoms. The molecule has 0 radical (unpaired) electrons. The molecule has 14 nitrogen and oxygen atoms in total. The third-order valence-corrected chi connectivity index (χ3v) is 10.4. The fourth-order valence-electron chi connectivity index (χ4n) is 5.09. The van der Waals surface area contributed by atoms with E-state index in [1.165, 1.54) is 84.5 Å². The molecule has 0 aromatic heterocycles. The van der Waals surface area contributed by atoms with Gasteiger partial charge in [-0.1, -0.05) is 211 Å². The Labute approximate surface area is 496 Å². The van der Waals surface area contributed by atoms with Gasteiger partial charge in [-0.2, -0.15) is 0 Å². The Morgan fingerprint density at radius 2 is 0.838 bits per heavy atom. The molecule has 0 aliphatic carbocycles. The van der Waals surface area contributed by atoms with Gasteiger partial charge in [-0.15, -0.1) is 0 Å². The largest absolute Gasteiger partial charge is 0.466 e. The van der Waals surface area contributed by atoms with Crippen LogP contribution >= 0.6 is 0 Å². The van der Waals surface area contributed by atoms with E-state index in [9.17, 15) is 28.8 Å². The first-order valence-corrected chi connectivity index (χ1v) is 31.8. The normalized spacial score (nSPS) is 9.06. The van der Waals surface area contributed by atoms with Crippen molar-refractivity contribution in [2.45, 2.75) is 293 Å². The van der Waals surface area contributed by atoms with Crippen LogP contribution in [0.1, 0.15) is 293 Å². The van der Waals surface area contributed by atoms with Gasteiger partial charge >= 0.3 is 18.0 Å². The Bertz CT molecular complexity index is 1310. The third-order valence-electron chi connectivity index (χ3n) is 10.4. The maximum atomic E-state index is 11.4. The van der Waals surface area contributed by atoms with Crippen LogP contribution < -0.4 is 15.5 Å². The number of carbonyl (C=O) groups excluding carboxylic acids is 6. The Morgan fingerprint density at radius 1 is 0.412 bits per heavy atom. The molecule has 0 aliphatic rings. The zero-order chi connectivity index (χ0) is 63.3. The van der Waals surface area contributed by atoms with E-state index in [4.69, 9.17) is 9.47 Å². The fourth-order valence-corrected chi connectivity index (χ4v) is 5.09. The van der Waals surface area contributed by atoms with Gasteiger partial charge in [0.2, 0.25) is 17.7 Å². The summed E-state index contributed by atoms with van der Waals surface area (Å²) in [4.78, 5) is 67.0. The first-order chi connectivity index (χ1) is 38.2. The average molecular weight is 1150 g/mol. The highest BCUT2D eigenvalue weighted by Gasteiger charge is 2.09. The zero-order valence-electron chi connectivity index (χ0n) is 56.7. The number of carbonyl (C=O) groups is 6. The van der Waals surface area contributed by atoms with Crippen LogP contribution in [-0.2, 0) is 42.9 Å². The van der Waals surface area contributed by atoms with Crippen molar-refractivity contribution in [2.24, 2.45) is 0 Å². The quantitative estimate of drug-likeness (QED) is 0.0414. The lowest BCUT2D eigenvalue weighted by Gasteiger charge is -2.20. The lowest BCUT2D eigenvalue weighted by atomic mass is 10.2. The number of hydrogen-bond acceptors (Lipinski definition) is 10. The number of para-hydroxylation sites is 1. The van der Waals surface area contributed by atoms with Crippen molar-refractivity contribution >= 4 is 41.4 Å². The third kappa shape index (κ3) is 113. The summed E-state index contributed by atoms with van der Waals surface area (Å²) in [5.41, 5.74) is 0.994. The number of alkyl carbamates (subject to hydrolysis) is 1. The first kappa shape index (κ1) is 95.0. The van der Waals surface area contributed by atoms with Crippen molar-refractivity contribution in [1.29, 1.82) is 0 Å². The van der Waals surface area contributed by atoms with E-state index in [1.807, 2.05) is 56.1 Å². The zero-order valence-corrected chi connectivity index (χ0v) is 56.7. The molecule has 0 spiro atoms. The molecule has 80 heavy (non-hydrogen) atoms. The van der Waals surface area contributed by atoms with Crippen LogP contribution in [0, 0.1) is 0 Å². The summed E-state index contributed by atoms with van der Waals surface area (Å²) in [7, 11) is 1.83. The van der Waals surface area contributed by atoms with E-state index >= 15 is 0 Å². The van der Waals surface area contributed by atoms with Crippen molar-refractivity contribution in [3.8, 4) is 0 Å². The Balaban J connectivity index is -0.000000102. The van der Waals surface area contributed by atoms with Crippen LogP contribution in [0.4, 0.5) is 10.5 Å². The van der Waals surface area contributed by atoms with Gasteiger partial charge in [0.05, 0.1) is 19.8 Å². The predicted molar refractivity (Wildman–Crippen MR) is 346 cm³/mol. The number of anilines is 1. The molecule has 0 aliphatic heterocycles. The van der Waals surface area contributed by atoms with E-state index in [2.05, 4.69) is 110 Å². The second-order valence-corrected chi connectivity index (χ2v) is 18.7. The summed E-state index contributed by atoms with van der Waals surface area (Å²) in [6.07, 6.45) is 27.7. The number of unbranched alkanes of at least 4 members (excludes halogenated alkanes) is 13. The Kier molecular flexibility index (Phi) is 108. The molecular formula is C66H136N4O10. The topological polar surface area (TPSA) is 170 Å². The van der Waals surface area contributed by atoms with E-state index in [0.717, 1.165) is 122 Å². The van der Waals surface area contributed by atoms with Crippen molar-refractivity contribution in [2.75, 3.05) is 71.2 Å². The van der Waals surface area contributed by atoms with E-state index in [1.54, 1.807) is 25.7 Å². The molecule has 480 valence electrons. The Morgan fingerprint density at radius 3 is 1.19 bits per heavy atom. The second-order valence-electron chi connectivity index (χ2n) is 18.7. The summed E-state index contributed by atoms with van der Waals surface area (Å²) in [6.45, 7) is 46.3. The van der Waals surface area contributed by atoms with Crippen LogP contribution in [0.2, 0.25) is 0 Å². The van der Waals surface area contributed by atoms with Gasteiger partial charge in [0, 0.05) is 86.2 Å². The number of esters is 2. The number of nitrogens with zero attached hydrogens (tertiary/aromatic N) is 2. The number of ether oxygens (including phenoxy) is 4. The van der Waals surface area contributed by atoms with Gasteiger partial charge in [0.1, 0.15) is 0 Å². The number of rotatable bonds is 31. The van der Waals surface area contributed by atoms with Gasteiger partial charge in [0.25, 0.3) is 0 Å². The first-order valence-electron chi connectivity index (χ1n) is 31.8. The van der Waals surface area contributed by atoms with Gasteiger partial charge in [-0.3, -0.25) is 24.0 Å². The molecule has 4 amide bonds. The lowest BCUT2D eigenvalue weighted by Crippen LogP contribution is -2.29. The second kappa shape index (κ2) is 91.3. The minimum atomic E-state index is -0.309. The number of hydrogen-bond donors (Lipinski definition) is 2. The highest BCUT2D eigenvalue weighted by Crippen LogP contribution is 2.14. The molecule has 0 fully saturated rings. The van der Waals surface area contributed by atoms with Crippen LogP contribution in [0.15, 0.2) is 30.3 Å². The number of nitrogens with one attached hydrogen (secondary N) is 2. The molecule has 14 heteroatoms. The molecule has 0 saturated heterocycles. The molecule has 0 saturated carbocycles. The minimum absolute atomic E-state index is 0.0680.